The molecule has 1 amide bonds. The molecule has 1 N–H and O–H groups in total. The van der Waals surface area contributed by atoms with Gasteiger partial charge in [-0.1, -0.05) is 24.3 Å². The van der Waals surface area contributed by atoms with Crippen LogP contribution in [0.4, 0.5) is 8.78 Å². The number of imidazole rings is 1. The molecule has 4 rings (SSSR count). The van der Waals surface area contributed by atoms with Crippen LogP contribution in [0.3, 0.4) is 0 Å². The number of para-hydroxylation sites is 2. The first kappa shape index (κ1) is 19.5. The number of hydrogen-bond acceptors (Lipinski definition) is 4. The van der Waals surface area contributed by atoms with Crippen LogP contribution >= 0.6 is 0 Å². The molecule has 30 heavy (non-hydrogen) atoms. The van der Waals surface area contributed by atoms with E-state index in [1.165, 1.54) is 30.1 Å². The van der Waals surface area contributed by atoms with Crippen molar-refractivity contribution in [1.29, 1.82) is 0 Å². The Morgan fingerprint density at radius 3 is 2.50 bits per heavy atom. The Kier molecular flexibility index (Phi) is 4.90. The number of rotatable bonds is 5. The second-order valence-electron chi connectivity index (χ2n) is 6.79. The molecule has 8 nitrogen and oxygen atoms in total. The van der Waals surface area contributed by atoms with Crippen molar-refractivity contribution in [2.24, 2.45) is 0 Å². The molecule has 2 heterocycles. The Bertz CT molecular complexity index is 1370. The summed E-state index contributed by atoms with van der Waals surface area (Å²) in [4.78, 5) is 42.8. The lowest BCUT2D eigenvalue weighted by Gasteiger charge is -2.18. The van der Waals surface area contributed by atoms with Crippen LogP contribution in [0, 0.1) is 0 Å². The largest absolute Gasteiger partial charge is 0.337 e. The van der Waals surface area contributed by atoms with Crippen LogP contribution < -0.4 is 11.1 Å². The molecule has 0 bridgehead atoms. The molecule has 10 heteroatoms. The van der Waals surface area contributed by atoms with Crippen LogP contribution in [-0.2, 0) is 17.9 Å². The number of H-pyrrole nitrogens is 1. The van der Waals surface area contributed by atoms with Crippen LogP contribution in [0.2, 0.25) is 0 Å². The van der Waals surface area contributed by atoms with Gasteiger partial charge in [-0.05, 0) is 24.3 Å². The van der Waals surface area contributed by atoms with Crippen LogP contribution in [0.15, 0.2) is 58.1 Å². The maximum absolute atomic E-state index is 13.6. The molecule has 0 aliphatic rings. The standard InChI is InChI=1S/C20H17F2N5O3/c1-25(10-16-23-14-8-4-5-9-15(14)27(16)20(21)22)17(28)11-26-19(30)13-7-3-2-6-12(13)18(29)24-26/h2-9,20H,10-11H2,1H3,(H,24,29). The van der Waals surface area contributed by atoms with E-state index in [9.17, 15) is 23.2 Å². The van der Waals surface area contributed by atoms with E-state index in [-0.39, 0.29) is 28.7 Å². The number of amides is 1. The summed E-state index contributed by atoms with van der Waals surface area (Å²) in [5, 5.41) is 2.80. The number of nitrogens with one attached hydrogen (secondary N) is 1. The van der Waals surface area contributed by atoms with Gasteiger partial charge in [0.15, 0.2) is 0 Å². The minimum absolute atomic E-state index is 0.0152. The number of alkyl halides is 2. The first-order chi connectivity index (χ1) is 14.4. The zero-order chi connectivity index (χ0) is 21.4. The van der Waals surface area contributed by atoms with Gasteiger partial charge in [-0.25, -0.2) is 9.67 Å². The van der Waals surface area contributed by atoms with E-state index >= 15 is 0 Å². The summed E-state index contributed by atoms with van der Waals surface area (Å²) in [7, 11) is 1.42. The highest BCUT2D eigenvalue weighted by atomic mass is 19.3. The van der Waals surface area contributed by atoms with Crippen LogP contribution in [0.25, 0.3) is 21.8 Å². The van der Waals surface area contributed by atoms with Crippen molar-refractivity contribution in [3.8, 4) is 0 Å². The van der Waals surface area contributed by atoms with E-state index in [1.807, 2.05) is 0 Å². The maximum Gasteiger partial charge on any atom is 0.320 e. The molecule has 2 aromatic heterocycles. The lowest BCUT2D eigenvalue weighted by Crippen LogP contribution is -2.37. The SMILES string of the molecule is CN(Cc1nc2ccccc2n1C(F)F)C(=O)Cn1[nH]c(=O)c2ccccc2c1=O. The number of benzene rings is 2. The molecule has 0 aliphatic heterocycles. The lowest BCUT2D eigenvalue weighted by molar-refractivity contribution is -0.131. The normalized spacial score (nSPS) is 11.5. The topological polar surface area (TPSA) is 93.0 Å². The van der Waals surface area contributed by atoms with Crippen molar-refractivity contribution in [3.05, 3.63) is 75.1 Å². The number of likely N-dealkylation sites (N-methyl/N-ethyl adjacent to an activating group) is 1. The minimum Gasteiger partial charge on any atom is -0.337 e. The summed E-state index contributed by atoms with van der Waals surface area (Å²) in [5.41, 5.74) is -0.367. The lowest BCUT2D eigenvalue weighted by atomic mass is 10.2. The maximum atomic E-state index is 13.6. The van der Waals surface area contributed by atoms with E-state index in [0.29, 0.717) is 5.52 Å². The molecule has 0 fully saturated rings. The van der Waals surface area contributed by atoms with E-state index in [4.69, 9.17) is 0 Å². The third kappa shape index (κ3) is 3.36. The average molecular weight is 413 g/mol. The summed E-state index contributed by atoms with van der Waals surface area (Å²) in [6, 6.07) is 12.7. The molecule has 0 atom stereocenters. The first-order valence-corrected chi connectivity index (χ1v) is 9.06. The third-order valence-electron chi connectivity index (χ3n) is 4.85. The molecule has 154 valence electrons. The highest BCUT2D eigenvalue weighted by Crippen LogP contribution is 2.23. The van der Waals surface area contributed by atoms with E-state index < -0.39 is 30.1 Å². The number of carbonyl (C=O) groups excluding carboxylic acids is 1. The Balaban J connectivity index is 1.62. The van der Waals surface area contributed by atoms with Crippen LogP contribution in [0.5, 0.6) is 0 Å². The van der Waals surface area contributed by atoms with Crippen molar-refractivity contribution in [2.45, 2.75) is 19.6 Å². The van der Waals surface area contributed by atoms with E-state index in [2.05, 4.69) is 10.1 Å². The van der Waals surface area contributed by atoms with E-state index in [0.717, 1.165) is 9.25 Å². The molecule has 0 unspecified atom stereocenters. The number of nitrogens with zero attached hydrogens (tertiary/aromatic N) is 4. The molecule has 0 saturated carbocycles. The molecular weight excluding hydrogens is 396 g/mol. The van der Waals surface area contributed by atoms with Gasteiger partial charge in [-0.3, -0.25) is 24.0 Å². The fourth-order valence-corrected chi connectivity index (χ4v) is 3.34. The highest BCUT2D eigenvalue weighted by Gasteiger charge is 2.21. The summed E-state index contributed by atoms with van der Waals surface area (Å²) in [6.07, 6.45) is 0. The Morgan fingerprint density at radius 2 is 1.77 bits per heavy atom. The molecule has 2 aromatic carbocycles. The van der Waals surface area contributed by atoms with Crippen molar-refractivity contribution >= 4 is 27.7 Å². The highest BCUT2D eigenvalue weighted by molar-refractivity contribution is 5.81. The van der Waals surface area contributed by atoms with Gasteiger partial charge in [0.25, 0.3) is 11.1 Å². The predicted octanol–water partition coefficient (Wildman–Crippen LogP) is 2.09. The molecule has 0 radical (unpaired) electrons. The van der Waals surface area contributed by atoms with Gasteiger partial charge in [0, 0.05) is 7.05 Å². The van der Waals surface area contributed by atoms with Gasteiger partial charge in [-0.2, -0.15) is 8.78 Å². The average Bonchev–Trinajstić information content (AvgIpc) is 3.09. The fraction of sp³-hybridized carbons (Fsp3) is 0.200. The number of hydrogen-bond donors (Lipinski definition) is 1. The number of fused-ring (bicyclic) bond motifs is 2. The Morgan fingerprint density at radius 1 is 1.10 bits per heavy atom. The third-order valence-corrected chi connectivity index (χ3v) is 4.85. The monoisotopic (exact) mass is 413 g/mol. The summed E-state index contributed by atoms with van der Waals surface area (Å²) in [5.74, 6) is -0.530. The second kappa shape index (κ2) is 7.54. The summed E-state index contributed by atoms with van der Waals surface area (Å²) < 4.78 is 28.8. The zero-order valence-corrected chi connectivity index (χ0v) is 15.9. The zero-order valence-electron chi connectivity index (χ0n) is 15.9. The van der Waals surface area contributed by atoms with Crippen molar-refractivity contribution in [2.75, 3.05) is 7.05 Å². The summed E-state index contributed by atoms with van der Waals surface area (Å²) >= 11 is 0. The van der Waals surface area contributed by atoms with E-state index in [1.54, 1.807) is 30.3 Å². The molecule has 0 aliphatic carbocycles. The number of aromatic nitrogens is 4. The number of halogens is 2. The van der Waals surface area contributed by atoms with Gasteiger partial charge in [-0.15, -0.1) is 0 Å². The van der Waals surface area contributed by atoms with Crippen molar-refractivity contribution in [3.63, 3.8) is 0 Å². The fourth-order valence-electron chi connectivity index (χ4n) is 3.34. The molecular formula is C20H17F2N5O3. The molecule has 0 saturated heterocycles. The van der Waals surface area contributed by atoms with Crippen LogP contribution in [0.1, 0.15) is 12.4 Å². The Labute approximate surface area is 168 Å². The second-order valence-corrected chi connectivity index (χ2v) is 6.79. The minimum atomic E-state index is -2.82. The molecule has 0 spiro atoms. The summed E-state index contributed by atoms with van der Waals surface area (Å²) in [6.45, 7) is -3.45. The van der Waals surface area contributed by atoms with Crippen LogP contribution in [-0.4, -0.2) is 37.2 Å². The van der Waals surface area contributed by atoms with Gasteiger partial charge < -0.3 is 4.90 Å². The quantitative estimate of drug-likeness (QED) is 0.542. The first-order valence-electron chi connectivity index (χ1n) is 9.06. The molecule has 4 aromatic rings. The van der Waals surface area contributed by atoms with Crippen molar-refractivity contribution < 1.29 is 13.6 Å². The van der Waals surface area contributed by atoms with Crippen molar-refractivity contribution in [1.82, 2.24) is 24.2 Å². The predicted molar refractivity (Wildman–Crippen MR) is 106 cm³/mol. The number of carbonyl (C=O) groups is 1. The Hall–Kier alpha value is -3.82. The van der Waals surface area contributed by atoms with Gasteiger partial charge in [0.2, 0.25) is 5.91 Å². The van der Waals surface area contributed by atoms with Gasteiger partial charge in [0.05, 0.1) is 28.4 Å². The van der Waals surface area contributed by atoms with Gasteiger partial charge >= 0.3 is 6.55 Å². The smallest absolute Gasteiger partial charge is 0.320 e. The number of aromatic amines is 1. The van der Waals surface area contributed by atoms with Gasteiger partial charge in [0.1, 0.15) is 12.4 Å².